The molecule has 0 radical (unpaired) electrons. The molecule has 0 saturated carbocycles. The van der Waals surface area contributed by atoms with Crippen molar-refractivity contribution in [2.45, 2.75) is 32.3 Å². The molecule has 2 rings (SSSR count). The molecule has 1 saturated heterocycles. The van der Waals surface area contributed by atoms with Gasteiger partial charge in [-0.1, -0.05) is 0 Å². The smallest absolute Gasteiger partial charge is 0.410 e. The van der Waals surface area contributed by atoms with E-state index in [9.17, 15) is 9.90 Å². The fraction of sp³-hybridized carbons (Fsp3) is 0.583. The minimum atomic E-state index is -0.542. The van der Waals surface area contributed by atoms with Crippen LogP contribution in [0.4, 0.5) is 4.79 Å². The number of likely N-dealkylation sites (tertiary alicyclic amines) is 1. The summed E-state index contributed by atoms with van der Waals surface area (Å²) in [6, 6.07) is 0. The van der Waals surface area contributed by atoms with Crippen molar-refractivity contribution in [1.29, 1.82) is 0 Å². The van der Waals surface area contributed by atoms with E-state index >= 15 is 0 Å². The van der Waals surface area contributed by atoms with E-state index in [1.807, 2.05) is 0 Å². The van der Waals surface area contributed by atoms with Crippen LogP contribution in [0, 0.1) is 0 Å². The Kier molecular flexibility index (Phi) is 2.49. The highest BCUT2D eigenvalue weighted by atomic mass is 16.6. The Morgan fingerprint density at radius 2 is 2.06 bits per heavy atom. The summed E-state index contributed by atoms with van der Waals surface area (Å²) < 4.78 is 20.1. The van der Waals surface area contributed by atoms with Crippen molar-refractivity contribution in [2.75, 3.05) is 13.1 Å². The van der Waals surface area contributed by atoms with Crippen LogP contribution in [-0.2, 0) is 4.74 Å². The molecule has 6 heteroatoms. The van der Waals surface area contributed by atoms with Gasteiger partial charge >= 0.3 is 6.09 Å². The van der Waals surface area contributed by atoms with Gasteiger partial charge in [-0.3, -0.25) is 0 Å². The first-order valence-corrected chi connectivity index (χ1v) is 5.69. The number of aromatic nitrogens is 2. The SMILES string of the molecule is [2H]c1nc(C2CN(C(=O)OC(C)(C)C)C2)nc([2H])c1O. The summed E-state index contributed by atoms with van der Waals surface area (Å²) in [6.45, 7) is 6.16. The lowest BCUT2D eigenvalue weighted by Crippen LogP contribution is -2.50. The van der Waals surface area contributed by atoms with Crippen LogP contribution < -0.4 is 0 Å². The van der Waals surface area contributed by atoms with Crippen molar-refractivity contribution in [1.82, 2.24) is 14.9 Å². The van der Waals surface area contributed by atoms with Gasteiger partial charge in [0.2, 0.25) is 0 Å². The first-order valence-electron chi connectivity index (χ1n) is 6.69. The minimum absolute atomic E-state index is 0.128. The highest BCUT2D eigenvalue weighted by Crippen LogP contribution is 2.26. The minimum Gasteiger partial charge on any atom is -0.505 e. The third kappa shape index (κ3) is 2.88. The number of amides is 1. The Labute approximate surface area is 108 Å². The molecular formula is C12H17N3O3. The number of aromatic hydroxyl groups is 1. The first kappa shape index (κ1) is 10.1. The molecule has 1 N–H and O–H groups in total. The van der Waals surface area contributed by atoms with Crippen molar-refractivity contribution in [3.8, 4) is 5.75 Å². The average Bonchev–Trinajstić information content (AvgIpc) is 2.20. The molecule has 0 atom stereocenters. The highest BCUT2D eigenvalue weighted by molar-refractivity contribution is 5.69. The van der Waals surface area contributed by atoms with Gasteiger partial charge < -0.3 is 14.7 Å². The average molecular weight is 253 g/mol. The van der Waals surface area contributed by atoms with Gasteiger partial charge in [-0.15, -0.1) is 0 Å². The molecule has 1 aromatic rings. The van der Waals surface area contributed by atoms with Gasteiger partial charge in [-0.05, 0) is 20.8 Å². The maximum atomic E-state index is 11.8. The fourth-order valence-electron chi connectivity index (χ4n) is 1.57. The second kappa shape index (κ2) is 4.44. The fourth-order valence-corrected chi connectivity index (χ4v) is 1.57. The lowest BCUT2D eigenvalue weighted by atomic mass is 10.00. The molecule has 6 nitrogen and oxygen atoms in total. The van der Waals surface area contributed by atoms with Crippen molar-refractivity contribution in [2.24, 2.45) is 0 Å². The van der Waals surface area contributed by atoms with Crippen LogP contribution in [0.5, 0.6) is 5.75 Å². The van der Waals surface area contributed by atoms with Crippen LogP contribution in [-0.4, -0.2) is 44.8 Å². The molecule has 1 amide bonds. The van der Waals surface area contributed by atoms with Gasteiger partial charge in [-0.25, -0.2) is 14.8 Å². The Bertz CT molecular complexity index is 516. The molecule has 1 fully saturated rings. The van der Waals surface area contributed by atoms with E-state index in [2.05, 4.69) is 9.97 Å². The molecule has 0 aliphatic carbocycles. The highest BCUT2D eigenvalue weighted by Gasteiger charge is 2.35. The second-order valence-corrected chi connectivity index (χ2v) is 5.24. The second-order valence-electron chi connectivity index (χ2n) is 5.24. The predicted octanol–water partition coefficient (Wildman–Crippen LogP) is 1.52. The molecule has 2 heterocycles. The summed E-state index contributed by atoms with van der Waals surface area (Å²) >= 11 is 0. The van der Waals surface area contributed by atoms with Gasteiger partial charge in [0.15, 0.2) is 5.75 Å². The van der Waals surface area contributed by atoms with Gasteiger partial charge in [0.1, 0.15) is 11.4 Å². The maximum Gasteiger partial charge on any atom is 0.410 e. The third-order valence-corrected chi connectivity index (χ3v) is 2.45. The van der Waals surface area contributed by atoms with Crippen molar-refractivity contribution >= 4 is 6.09 Å². The Morgan fingerprint density at radius 3 is 2.56 bits per heavy atom. The zero-order valence-electron chi connectivity index (χ0n) is 12.6. The van der Waals surface area contributed by atoms with Crippen LogP contribution in [0.3, 0.4) is 0 Å². The predicted molar refractivity (Wildman–Crippen MR) is 64.2 cm³/mol. The van der Waals surface area contributed by atoms with Crippen LogP contribution >= 0.6 is 0 Å². The molecule has 0 aromatic carbocycles. The largest absolute Gasteiger partial charge is 0.505 e. The van der Waals surface area contributed by atoms with E-state index < -0.39 is 17.4 Å². The zero-order valence-corrected chi connectivity index (χ0v) is 10.6. The molecule has 1 aromatic heterocycles. The number of rotatable bonds is 1. The normalized spacial score (nSPS) is 17.8. The number of hydrogen-bond acceptors (Lipinski definition) is 5. The number of hydrogen-bond donors (Lipinski definition) is 1. The summed E-state index contributed by atoms with van der Waals surface area (Å²) in [4.78, 5) is 20.9. The summed E-state index contributed by atoms with van der Waals surface area (Å²) in [6.07, 6.45) is -1.13. The van der Waals surface area contributed by atoms with Gasteiger partial charge in [0.25, 0.3) is 0 Å². The van der Waals surface area contributed by atoms with Crippen LogP contribution in [0.15, 0.2) is 12.3 Å². The Balaban J connectivity index is 1.98. The van der Waals surface area contributed by atoms with Crippen LogP contribution in [0.1, 0.15) is 35.3 Å². The molecule has 1 aliphatic heterocycles. The Hall–Kier alpha value is -1.85. The van der Waals surface area contributed by atoms with E-state index in [1.54, 1.807) is 20.8 Å². The molecular weight excluding hydrogens is 234 g/mol. The summed E-state index contributed by atoms with van der Waals surface area (Å²) in [7, 11) is 0. The van der Waals surface area contributed by atoms with Crippen molar-refractivity contribution in [3.05, 3.63) is 18.2 Å². The number of carbonyl (C=O) groups excluding carboxylic acids is 1. The lowest BCUT2D eigenvalue weighted by Gasteiger charge is -2.38. The van der Waals surface area contributed by atoms with E-state index in [-0.39, 0.29) is 18.3 Å². The van der Waals surface area contributed by atoms with Gasteiger partial charge in [0.05, 0.1) is 21.0 Å². The van der Waals surface area contributed by atoms with Crippen molar-refractivity contribution in [3.63, 3.8) is 0 Å². The van der Waals surface area contributed by atoms with E-state index in [0.29, 0.717) is 18.9 Å². The molecule has 1 aliphatic rings. The third-order valence-electron chi connectivity index (χ3n) is 2.45. The van der Waals surface area contributed by atoms with E-state index in [4.69, 9.17) is 7.48 Å². The monoisotopic (exact) mass is 253 g/mol. The first-order chi connectivity index (χ1) is 9.17. The zero-order chi connectivity index (χ0) is 15.1. The number of nitrogens with zero attached hydrogens (tertiary/aromatic N) is 3. The van der Waals surface area contributed by atoms with Crippen LogP contribution in [0.2, 0.25) is 0 Å². The van der Waals surface area contributed by atoms with E-state index in [0.717, 1.165) is 0 Å². The molecule has 0 unspecified atom stereocenters. The number of ether oxygens (including phenoxy) is 1. The number of carbonyl (C=O) groups is 1. The van der Waals surface area contributed by atoms with Crippen LogP contribution in [0.25, 0.3) is 0 Å². The molecule has 0 bridgehead atoms. The molecule has 0 spiro atoms. The van der Waals surface area contributed by atoms with Gasteiger partial charge in [-0.2, -0.15) is 0 Å². The molecule has 18 heavy (non-hydrogen) atoms. The standard InChI is InChI=1S/C12H17N3O3/c1-12(2,3)18-11(17)15-6-8(7-15)10-13-4-9(16)5-14-10/h4-5,8,16H,6-7H2,1-3H3/i4D,5D. The summed E-state index contributed by atoms with van der Waals surface area (Å²) in [5, 5.41) is 9.29. The van der Waals surface area contributed by atoms with Crippen molar-refractivity contribution < 1.29 is 17.4 Å². The lowest BCUT2D eigenvalue weighted by molar-refractivity contribution is 0.00750. The maximum absolute atomic E-state index is 11.8. The Morgan fingerprint density at radius 1 is 1.50 bits per heavy atom. The summed E-state index contributed by atoms with van der Waals surface area (Å²) in [5.41, 5.74) is -0.542. The quantitative estimate of drug-likeness (QED) is 0.821. The molecule has 98 valence electrons. The van der Waals surface area contributed by atoms with E-state index in [1.165, 1.54) is 4.90 Å². The topological polar surface area (TPSA) is 75.6 Å². The van der Waals surface area contributed by atoms with Gasteiger partial charge in [0, 0.05) is 13.1 Å². The summed E-state index contributed by atoms with van der Waals surface area (Å²) in [5.74, 6) is -0.356.